The number of amides is 1. The fourth-order valence-electron chi connectivity index (χ4n) is 2.93. The van der Waals surface area contributed by atoms with Gasteiger partial charge in [-0.25, -0.2) is 4.79 Å². The minimum absolute atomic E-state index is 0.173. The largest absolute Gasteiger partial charge is 0.444 e. The number of rotatable bonds is 2. The van der Waals surface area contributed by atoms with Crippen LogP contribution in [0.25, 0.3) is 0 Å². The van der Waals surface area contributed by atoms with E-state index in [1.54, 1.807) is 4.90 Å². The van der Waals surface area contributed by atoms with E-state index in [0.717, 1.165) is 22.6 Å². The highest BCUT2D eigenvalue weighted by molar-refractivity contribution is 6.31. The van der Waals surface area contributed by atoms with Crippen molar-refractivity contribution in [2.24, 2.45) is 11.1 Å². The third-order valence-electron chi connectivity index (χ3n) is 4.46. The van der Waals surface area contributed by atoms with E-state index in [1.807, 2.05) is 45.9 Å². The van der Waals surface area contributed by atoms with Gasteiger partial charge in [-0.05, 0) is 51.3 Å². The molecule has 0 bridgehead atoms. The van der Waals surface area contributed by atoms with Crippen molar-refractivity contribution < 1.29 is 9.53 Å². The van der Waals surface area contributed by atoms with Crippen LogP contribution in [0.15, 0.2) is 18.2 Å². The Balaban J connectivity index is 2.11. The standard InChI is InChI=1S/C18H27ClN2O2/c1-12-6-7-13(10-14(12)19)15(20)18(5)8-9-21(11-18)16(22)23-17(2,3)4/h6-7,10,15H,8-9,11,20H2,1-5H3. The van der Waals surface area contributed by atoms with E-state index in [9.17, 15) is 4.79 Å². The van der Waals surface area contributed by atoms with Gasteiger partial charge in [-0.15, -0.1) is 0 Å². The van der Waals surface area contributed by atoms with Crippen molar-refractivity contribution in [1.29, 1.82) is 0 Å². The number of benzene rings is 1. The summed E-state index contributed by atoms with van der Waals surface area (Å²) in [6, 6.07) is 5.77. The SMILES string of the molecule is Cc1ccc(C(N)C2(C)CCN(C(=O)OC(C)(C)C)C2)cc1Cl. The van der Waals surface area contributed by atoms with Crippen molar-refractivity contribution in [2.45, 2.75) is 52.7 Å². The Morgan fingerprint density at radius 2 is 2.09 bits per heavy atom. The normalized spacial score (nSPS) is 23.0. The summed E-state index contributed by atoms with van der Waals surface area (Å²) in [6.45, 7) is 11.0. The fourth-order valence-corrected chi connectivity index (χ4v) is 3.11. The van der Waals surface area contributed by atoms with Crippen molar-refractivity contribution in [3.63, 3.8) is 0 Å². The molecular formula is C18H27ClN2O2. The minimum Gasteiger partial charge on any atom is -0.444 e. The quantitative estimate of drug-likeness (QED) is 0.874. The van der Waals surface area contributed by atoms with Crippen molar-refractivity contribution >= 4 is 17.7 Å². The molecule has 2 N–H and O–H groups in total. The number of hydrogen-bond donors (Lipinski definition) is 1. The number of hydrogen-bond acceptors (Lipinski definition) is 3. The van der Waals surface area contributed by atoms with Crippen LogP contribution in [-0.2, 0) is 4.74 Å². The lowest BCUT2D eigenvalue weighted by molar-refractivity contribution is 0.0270. The number of nitrogens with two attached hydrogens (primary N) is 1. The van der Waals surface area contributed by atoms with Crippen LogP contribution in [0.1, 0.15) is 51.3 Å². The third-order valence-corrected chi connectivity index (χ3v) is 4.87. The van der Waals surface area contributed by atoms with E-state index in [-0.39, 0.29) is 17.6 Å². The molecule has 0 saturated carbocycles. The Bertz CT molecular complexity index is 597. The van der Waals surface area contributed by atoms with E-state index in [2.05, 4.69) is 6.92 Å². The van der Waals surface area contributed by atoms with E-state index in [4.69, 9.17) is 22.1 Å². The predicted molar refractivity (Wildman–Crippen MR) is 93.6 cm³/mol. The molecule has 1 heterocycles. The van der Waals surface area contributed by atoms with Gasteiger partial charge in [0.25, 0.3) is 0 Å². The van der Waals surface area contributed by atoms with Crippen LogP contribution in [0.2, 0.25) is 5.02 Å². The first-order chi connectivity index (χ1) is 10.5. The summed E-state index contributed by atoms with van der Waals surface area (Å²) < 4.78 is 5.46. The fraction of sp³-hybridized carbons (Fsp3) is 0.611. The number of carbonyl (C=O) groups excluding carboxylic acids is 1. The molecule has 23 heavy (non-hydrogen) atoms. The highest BCUT2D eigenvalue weighted by Gasteiger charge is 2.42. The van der Waals surface area contributed by atoms with Crippen LogP contribution in [0.5, 0.6) is 0 Å². The van der Waals surface area contributed by atoms with Gasteiger partial charge in [-0.3, -0.25) is 0 Å². The Hall–Kier alpha value is -1.26. The molecular weight excluding hydrogens is 312 g/mol. The molecule has 0 aromatic heterocycles. The van der Waals surface area contributed by atoms with Gasteiger partial charge >= 0.3 is 6.09 Å². The molecule has 2 unspecified atom stereocenters. The van der Waals surface area contributed by atoms with Crippen molar-refractivity contribution in [3.05, 3.63) is 34.3 Å². The predicted octanol–water partition coefficient (Wildman–Crippen LogP) is 4.30. The number of ether oxygens (including phenoxy) is 1. The number of halogens is 1. The molecule has 2 atom stereocenters. The van der Waals surface area contributed by atoms with Crippen LogP contribution in [-0.4, -0.2) is 29.7 Å². The molecule has 1 saturated heterocycles. The molecule has 1 fully saturated rings. The van der Waals surface area contributed by atoms with Crippen molar-refractivity contribution in [3.8, 4) is 0 Å². The first kappa shape index (κ1) is 18.1. The van der Waals surface area contributed by atoms with Gasteiger partial charge < -0.3 is 15.4 Å². The van der Waals surface area contributed by atoms with Crippen molar-refractivity contribution in [1.82, 2.24) is 4.90 Å². The second-order valence-electron chi connectivity index (χ2n) is 7.79. The molecule has 0 radical (unpaired) electrons. The molecule has 128 valence electrons. The number of aryl methyl sites for hydroxylation is 1. The van der Waals surface area contributed by atoms with Gasteiger partial charge in [0.2, 0.25) is 0 Å². The molecule has 1 aromatic carbocycles. The maximum Gasteiger partial charge on any atom is 0.410 e. The first-order valence-electron chi connectivity index (χ1n) is 8.01. The average Bonchev–Trinajstić information content (AvgIpc) is 2.83. The molecule has 0 aliphatic carbocycles. The van der Waals surface area contributed by atoms with Crippen LogP contribution in [0.3, 0.4) is 0 Å². The molecule has 1 aromatic rings. The summed E-state index contributed by atoms with van der Waals surface area (Å²) in [5, 5.41) is 0.726. The van der Waals surface area contributed by atoms with Crippen LogP contribution in [0, 0.1) is 12.3 Å². The summed E-state index contributed by atoms with van der Waals surface area (Å²) in [5.74, 6) is 0. The van der Waals surface area contributed by atoms with Crippen LogP contribution >= 0.6 is 11.6 Å². The lowest BCUT2D eigenvalue weighted by Gasteiger charge is -2.32. The molecule has 5 heteroatoms. The van der Waals surface area contributed by atoms with Gasteiger partial charge in [0.05, 0.1) is 0 Å². The Kier molecular flexibility index (Phi) is 4.97. The third kappa shape index (κ3) is 4.18. The average molecular weight is 339 g/mol. The molecule has 0 spiro atoms. The van der Waals surface area contributed by atoms with Gasteiger partial charge in [0, 0.05) is 29.6 Å². The monoisotopic (exact) mass is 338 g/mol. The Labute approximate surface area is 143 Å². The zero-order valence-corrected chi connectivity index (χ0v) is 15.4. The van der Waals surface area contributed by atoms with Gasteiger partial charge in [-0.1, -0.05) is 30.7 Å². The van der Waals surface area contributed by atoms with E-state index in [0.29, 0.717) is 13.1 Å². The minimum atomic E-state index is -0.483. The number of nitrogens with zero attached hydrogens (tertiary/aromatic N) is 1. The van der Waals surface area contributed by atoms with Gasteiger partial charge in [0.15, 0.2) is 0 Å². The van der Waals surface area contributed by atoms with Gasteiger partial charge in [0.1, 0.15) is 5.60 Å². The van der Waals surface area contributed by atoms with E-state index in [1.165, 1.54) is 0 Å². The molecule has 1 amide bonds. The van der Waals surface area contributed by atoms with E-state index < -0.39 is 5.60 Å². The van der Waals surface area contributed by atoms with Crippen LogP contribution < -0.4 is 5.73 Å². The molecule has 4 nitrogen and oxygen atoms in total. The smallest absolute Gasteiger partial charge is 0.410 e. The van der Waals surface area contributed by atoms with Gasteiger partial charge in [-0.2, -0.15) is 0 Å². The highest BCUT2D eigenvalue weighted by Crippen LogP contribution is 2.41. The summed E-state index contributed by atoms with van der Waals surface area (Å²) >= 11 is 6.22. The Morgan fingerprint density at radius 3 is 2.65 bits per heavy atom. The summed E-state index contributed by atoms with van der Waals surface area (Å²) in [7, 11) is 0. The number of carbonyl (C=O) groups is 1. The zero-order chi connectivity index (χ0) is 17.4. The lowest BCUT2D eigenvalue weighted by atomic mass is 9.78. The second-order valence-corrected chi connectivity index (χ2v) is 8.20. The van der Waals surface area contributed by atoms with Crippen LogP contribution in [0.4, 0.5) is 4.79 Å². The van der Waals surface area contributed by atoms with Crippen molar-refractivity contribution in [2.75, 3.05) is 13.1 Å². The summed E-state index contributed by atoms with van der Waals surface area (Å²) in [5.41, 5.74) is 7.88. The van der Waals surface area contributed by atoms with E-state index >= 15 is 0 Å². The molecule has 1 aliphatic rings. The highest BCUT2D eigenvalue weighted by atomic mass is 35.5. The summed E-state index contributed by atoms with van der Waals surface area (Å²) in [4.78, 5) is 14.0. The zero-order valence-electron chi connectivity index (χ0n) is 14.6. The Morgan fingerprint density at radius 1 is 1.43 bits per heavy atom. The topological polar surface area (TPSA) is 55.6 Å². The second kappa shape index (κ2) is 6.33. The lowest BCUT2D eigenvalue weighted by Crippen LogP contribution is -2.39. The maximum atomic E-state index is 12.2. The molecule has 1 aliphatic heterocycles. The number of likely N-dealkylation sites (tertiary alicyclic amines) is 1. The summed E-state index contributed by atoms with van der Waals surface area (Å²) in [6.07, 6.45) is 0.578. The molecule has 2 rings (SSSR count). The first-order valence-corrected chi connectivity index (χ1v) is 8.39. The maximum absolute atomic E-state index is 12.2.